The second kappa shape index (κ2) is 10.6. The number of hydrogen-bond donors (Lipinski definition) is 3. The minimum atomic E-state index is -0.475. The fraction of sp³-hybridized carbons (Fsp3) is 0.409. The number of aromatic nitrogens is 3. The molecule has 1 aliphatic heterocycles. The van der Waals surface area contributed by atoms with Crippen molar-refractivity contribution in [3.8, 4) is 11.8 Å². The van der Waals surface area contributed by atoms with E-state index < -0.39 is 5.82 Å². The summed E-state index contributed by atoms with van der Waals surface area (Å²) in [5.41, 5.74) is 0.495. The van der Waals surface area contributed by atoms with Gasteiger partial charge in [0.15, 0.2) is 11.6 Å². The van der Waals surface area contributed by atoms with Crippen molar-refractivity contribution in [1.29, 1.82) is 0 Å². The number of halogens is 1. The van der Waals surface area contributed by atoms with Crippen LogP contribution in [-0.4, -0.2) is 40.7 Å². The van der Waals surface area contributed by atoms with Crippen molar-refractivity contribution in [2.24, 2.45) is 0 Å². The molecule has 3 heterocycles. The zero-order chi connectivity index (χ0) is 22.3. The van der Waals surface area contributed by atoms with Crippen LogP contribution in [0.15, 0.2) is 35.7 Å². The summed E-state index contributed by atoms with van der Waals surface area (Å²) in [6.45, 7) is 3.51. The molecule has 0 saturated carbocycles. The molecule has 0 bridgehead atoms. The van der Waals surface area contributed by atoms with Crippen molar-refractivity contribution in [1.82, 2.24) is 20.3 Å². The Kier molecular flexibility index (Phi) is 7.33. The van der Waals surface area contributed by atoms with Crippen LogP contribution in [-0.2, 0) is 6.61 Å². The van der Waals surface area contributed by atoms with Crippen molar-refractivity contribution in [2.75, 3.05) is 24.3 Å². The number of benzene rings is 1. The van der Waals surface area contributed by atoms with E-state index in [1.54, 1.807) is 23.5 Å². The minimum absolute atomic E-state index is 0.170. The maximum atomic E-state index is 14.1. The van der Waals surface area contributed by atoms with E-state index in [9.17, 15) is 4.39 Å². The van der Waals surface area contributed by atoms with Crippen molar-refractivity contribution in [2.45, 2.75) is 44.9 Å². The topological polar surface area (TPSA) is 93.2 Å². The third-order valence-corrected chi connectivity index (χ3v) is 6.13. The van der Waals surface area contributed by atoms with E-state index in [4.69, 9.17) is 9.47 Å². The maximum Gasteiger partial charge on any atom is 0.323 e. The van der Waals surface area contributed by atoms with Gasteiger partial charge in [-0.1, -0.05) is 13.0 Å². The molecule has 0 spiro atoms. The Morgan fingerprint density at radius 3 is 2.81 bits per heavy atom. The van der Waals surface area contributed by atoms with E-state index in [1.807, 2.05) is 17.5 Å². The van der Waals surface area contributed by atoms with Crippen LogP contribution in [0.3, 0.4) is 0 Å². The van der Waals surface area contributed by atoms with Crippen molar-refractivity contribution >= 4 is 28.9 Å². The minimum Gasteiger partial charge on any atom is -0.494 e. The van der Waals surface area contributed by atoms with Crippen LogP contribution in [0.2, 0.25) is 0 Å². The zero-order valence-electron chi connectivity index (χ0n) is 18.1. The molecule has 2 aromatic heterocycles. The number of rotatable bonds is 10. The second-order valence-electron chi connectivity index (χ2n) is 7.47. The SMILES string of the molecule is CCC(Nc1nc(Nc2ccc(OC)c(F)c2)nc(OCc2cccs2)n1)C1CCCN1. The Morgan fingerprint density at radius 2 is 2.12 bits per heavy atom. The number of thiophene rings is 1. The maximum absolute atomic E-state index is 14.1. The highest BCUT2D eigenvalue weighted by molar-refractivity contribution is 7.09. The Labute approximate surface area is 190 Å². The molecule has 10 heteroatoms. The Balaban J connectivity index is 1.56. The molecule has 1 saturated heterocycles. The average Bonchev–Trinajstić information content (AvgIpc) is 3.50. The fourth-order valence-electron chi connectivity index (χ4n) is 3.65. The molecule has 32 heavy (non-hydrogen) atoms. The molecular weight excluding hydrogens is 431 g/mol. The van der Waals surface area contributed by atoms with E-state index in [0.717, 1.165) is 30.7 Å². The van der Waals surface area contributed by atoms with Gasteiger partial charge in [-0.25, -0.2) is 4.39 Å². The summed E-state index contributed by atoms with van der Waals surface area (Å²) in [6.07, 6.45) is 3.18. The van der Waals surface area contributed by atoms with Crippen LogP contribution in [0, 0.1) is 5.82 Å². The first kappa shape index (κ1) is 22.2. The lowest BCUT2D eigenvalue weighted by atomic mass is 10.0. The van der Waals surface area contributed by atoms with Gasteiger partial charge in [0.25, 0.3) is 0 Å². The third-order valence-electron chi connectivity index (χ3n) is 5.28. The molecule has 1 aliphatic rings. The van der Waals surface area contributed by atoms with Gasteiger partial charge in [-0.15, -0.1) is 11.3 Å². The van der Waals surface area contributed by atoms with Crippen LogP contribution in [0.1, 0.15) is 31.1 Å². The summed E-state index contributed by atoms with van der Waals surface area (Å²) in [7, 11) is 1.43. The first-order valence-corrected chi connectivity index (χ1v) is 11.5. The number of nitrogens with zero attached hydrogens (tertiary/aromatic N) is 3. The van der Waals surface area contributed by atoms with Gasteiger partial charge in [0.1, 0.15) is 6.61 Å². The largest absolute Gasteiger partial charge is 0.494 e. The number of hydrogen-bond acceptors (Lipinski definition) is 9. The lowest BCUT2D eigenvalue weighted by molar-refractivity contribution is 0.284. The van der Waals surface area contributed by atoms with Gasteiger partial charge in [-0.3, -0.25) is 0 Å². The normalized spacial score (nSPS) is 16.5. The zero-order valence-corrected chi connectivity index (χ0v) is 18.9. The molecule has 0 amide bonds. The van der Waals surface area contributed by atoms with E-state index in [-0.39, 0.29) is 23.8 Å². The fourth-order valence-corrected chi connectivity index (χ4v) is 4.27. The number of ether oxygens (including phenoxy) is 2. The monoisotopic (exact) mass is 458 g/mol. The first-order chi connectivity index (χ1) is 15.6. The first-order valence-electron chi connectivity index (χ1n) is 10.7. The van der Waals surface area contributed by atoms with Crippen LogP contribution < -0.4 is 25.4 Å². The van der Waals surface area contributed by atoms with Gasteiger partial charge >= 0.3 is 6.01 Å². The van der Waals surface area contributed by atoms with Crippen molar-refractivity contribution < 1.29 is 13.9 Å². The molecule has 3 N–H and O–H groups in total. The molecule has 8 nitrogen and oxygen atoms in total. The average molecular weight is 459 g/mol. The highest BCUT2D eigenvalue weighted by atomic mass is 32.1. The summed E-state index contributed by atoms with van der Waals surface area (Å²) in [5, 5.41) is 12.0. The van der Waals surface area contributed by atoms with Crippen LogP contribution in [0.4, 0.5) is 22.0 Å². The van der Waals surface area contributed by atoms with Gasteiger partial charge in [-0.2, -0.15) is 15.0 Å². The third kappa shape index (κ3) is 5.63. The molecule has 0 radical (unpaired) electrons. The molecule has 1 aromatic carbocycles. The van der Waals surface area contributed by atoms with Gasteiger partial charge in [-0.05, 0) is 49.4 Å². The van der Waals surface area contributed by atoms with Gasteiger partial charge in [0.2, 0.25) is 11.9 Å². The molecule has 2 unspecified atom stereocenters. The molecule has 1 fully saturated rings. The number of nitrogens with one attached hydrogen (secondary N) is 3. The van der Waals surface area contributed by atoms with Gasteiger partial charge < -0.3 is 25.4 Å². The van der Waals surface area contributed by atoms with E-state index >= 15 is 0 Å². The quantitative estimate of drug-likeness (QED) is 0.413. The summed E-state index contributed by atoms with van der Waals surface area (Å²) in [6, 6.07) is 9.27. The van der Waals surface area contributed by atoms with Crippen LogP contribution in [0.25, 0.3) is 0 Å². The molecule has 4 rings (SSSR count). The number of anilines is 3. The Bertz CT molecular complexity index is 1010. The predicted molar refractivity (Wildman–Crippen MR) is 123 cm³/mol. The summed E-state index contributed by atoms with van der Waals surface area (Å²) in [4.78, 5) is 14.4. The number of methoxy groups -OCH3 is 1. The second-order valence-corrected chi connectivity index (χ2v) is 8.50. The van der Waals surface area contributed by atoms with Crippen molar-refractivity contribution in [3.05, 3.63) is 46.4 Å². The Morgan fingerprint density at radius 1 is 1.25 bits per heavy atom. The molecule has 2 atom stereocenters. The highest BCUT2D eigenvalue weighted by Crippen LogP contribution is 2.24. The predicted octanol–water partition coefficient (Wildman–Crippen LogP) is 4.35. The van der Waals surface area contributed by atoms with E-state index in [2.05, 4.69) is 37.8 Å². The summed E-state index contributed by atoms with van der Waals surface area (Å²) >= 11 is 1.60. The van der Waals surface area contributed by atoms with Crippen molar-refractivity contribution in [3.63, 3.8) is 0 Å². The highest BCUT2D eigenvalue weighted by Gasteiger charge is 2.24. The van der Waals surface area contributed by atoms with E-state index in [0.29, 0.717) is 24.3 Å². The van der Waals surface area contributed by atoms with Gasteiger partial charge in [0.05, 0.1) is 7.11 Å². The smallest absolute Gasteiger partial charge is 0.323 e. The molecule has 3 aromatic rings. The lowest BCUT2D eigenvalue weighted by Crippen LogP contribution is -2.40. The van der Waals surface area contributed by atoms with E-state index in [1.165, 1.54) is 13.2 Å². The Hall–Kier alpha value is -2.98. The summed E-state index contributed by atoms with van der Waals surface area (Å²) < 4.78 is 24.9. The summed E-state index contributed by atoms with van der Waals surface area (Å²) in [5.74, 6) is 0.376. The standard InChI is InChI=1S/C22H27FN6O2S/c1-3-17(18-7-4-10-24-18)26-21-27-20(25-14-8-9-19(30-2)16(23)12-14)28-22(29-21)31-13-15-6-5-11-32-15/h5-6,8-9,11-12,17-18,24H,3-4,7,10,13H2,1-2H3,(H2,25,26,27,28,29). The van der Waals surface area contributed by atoms with Crippen LogP contribution in [0.5, 0.6) is 11.8 Å². The molecule has 0 aliphatic carbocycles. The molecule has 170 valence electrons. The molecular formula is C22H27FN6O2S. The van der Waals surface area contributed by atoms with Crippen LogP contribution >= 0.6 is 11.3 Å². The lowest BCUT2D eigenvalue weighted by Gasteiger charge is -2.24. The van der Waals surface area contributed by atoms with Gasteiger partial charge in [0, 0.05) is 28.7 Å².